The molecule has 0 N–H and O–H groups in total. The predicted octanol–water partition coefficient (Wildman–Crippen LogP) is 2.40. The van der Waals surface area contributed by atoms with Gasteiger partial charge in [-0.25, -0.2) is 4.79 Å². The van der Waals surface area contributed by atoms with Gasteiger partial charge < -0.3 is 9.47 Å². The van der Waals surface area contributed by atoms with Gasteiger partial charge in [-0.1, -0.05) is 36.3 Å². The van der Waals surface area contributed by atoms with Crippen LogP contribution in [0.3, 0.4) is 0 Å². The summed E-state index contributed by atoms with van der Waals surface area (Å²) in [6.07, 6.45) is 5.35. The van der Waals surface area contributed by atoms with Crippen LogP contribution < -0.4 is 0 Å². The van der Waals surface area contributed by atoms with Crippen LogP contribution in [0.1, 0.15) is 12.0 Å². The molecule has 16 heavy (non-hydrogen) atoms. The zero-order chi connectivity index (χ0) is 11.8. The average Bonchev–Trinajstić information content (AvgIpc) is 2.35. The molecule has 0 spiro atoms. The van der Waals surface area contributed by atoms with Crippen LogP contribution >= 0.6 is 0 Å². The van der Waals surface area contributed by atoms with Crippen LogP contribution in [0.15, 0.2) is 30.3 Å². The van der Waals surface area contributed by atoms with Gasteiger partial charge in [0, 0.05) is 6.42 Å². The van der Waals surface area contributed by atoms with Gasteiger partial charge >= 0.3 is 6.16 Å². The van der Waals surface area contributed by atoms with Gasteiger partial charge in [0.05, 0.1) is 7.11 Å². The molecule has 84 valence electrons. The minimum absolute atomic E-state index is 0.535. The monoisotopic (exact) mass is 218 g/mol. The Labute approximate surface area is 95.4 Å². The molecule has 0 aliphatic heterocycles. The average molecular weight is 218 g/mol. The van der Waals surface area contributed by atoms with E-state index in [1.54, 1.807) is 0 Å². The maximum Gasteiger partial charge on any atom is 0.509 e. The summed E-state index contributed by atoms with van der Waals surface area (Å²) >= 11 is 0. The molecule has 0 bridgehead atoms. The van der Waals surface area contributed by atoms with Crippen LogP contribution in [0, 0.1) is 12.3 Å². The van der Waals surface area contributed by atoms with E-state index in [-0.39, 0.29) is 0 Å². The van der Waals surface area contributed by atoms with Crippen molar-refractivity contribution in [3.05, 3.63) is 35.9 Å². The Bertz CT molecular complexity index is 365. The highest BCUT2D eigenvalue weighted by atomic mass is 16.7. The molecule has 0 heterocycles. The van der Waals surface area contributed by atoms with Crippen molar-refractivity contribution < 1.29 is 14.3 Å². The van der Waals surface area contributed by atoms with Crippen molar-refractivity contribution in [2.75, 3.05) is 7.11 Å². The smallest absolute Gasteiger partial charge is 0.438 e. The molecule has 1 atom stereocenters. The van der Waals surface area contributed by atoms with Gasteiger partial charge in [-0.15, -0.1) is 6.42 Å². The summed E-state index contributed by atoms with van der Waals surface area (Å²) in [5, 5.41) is 0. The van der Waals surface area contributed by atoms with Crippen molar-refractivity contribution in [2.45, 2.75) is 18.9 Å². The van der Waals surface area contributed by atoms with Crippen LogP contribution in [0.4, 0.5) is 4.79 Å². The maximum atomic E-state index is 10.9. The predicted molar refractivity (Wildman–Crippen MR) is 60.9 cm³/mol. The number of terminal acetylenes is 1. The van der Waals surface area contributed by atoms with Gasteiger partial charge in [0.25, 0.3) is 0 Å². The molecule has 1 rings (SSSR count). The molecule has 3 nitrogen and oxygen atoms in total. The summed E-state index contributed by atoms with van der Waals surface area (Å²) in [6.45, 7) is 0. The first-order valence-corrected chi connectivity index (χ1v) is 5.01. The van der Waals surface area contributed by atoms with E-state index in [9.17, 15) is 4.79 Å². The number of hydrogen-bond acceptors (Lipinski definition) is 3. The molecule has 0 saturated heterocycles. The molecule has 0 aliphatic rings. The van der Waals surface area contributed by atoms with Gasteiger partial charge in [0.2, 0.25) is 0 Å². The number of hydrogen-bond donors (Lipinski definition) is 0. The summed E-state index contributed by atoms with van der Waals surface area (Å²) < 4.78 is 9.25. The lowest BCUT2D eigenvalue weighted by molar-refractivity contribution is 0.0530. The molecule has 0 amide bonds. The minimum atomic E-state index is -0.740. The largest absolute Gasteiger partial charge is 0.509 e. The van der Waals surface area contributed by atoms with Gasteiger partial charge in [0.15, 0.2) is 6.10 Å². The molecule has 0 radical (unpaired) electrons. The Morgan fingerprint density at radius 1 is 1.44 bits per heavy atom. The van der Waals surface area contributed by atoms with E-state index in [4.69, 9.17) is 11.2 Å². The van der Waals surface area contributed by atoms with E-state index in [0.29, 0.717) is 6.42 Å². The second kappa shape index (κ2) is 6.52. The van der Waals surface area contributed by atoms with Crippen molar-refractivity contribution in [3.8, 4) is 12.3 Å². The Morgan fingerprint density at radius 3 is 2.69 bits per heavy atom. The molecule has 1 aromatic carbocycles. The number of benzene rings is 1. The van der Waals surface area contributed by atoms with Crippen molar-refractivity contribution in [1.29, 1.82) is 0 Å². The van der Waals surface area contributed by atoms with E-state index >= 15 is 0 Å². The lowest BCUT2D eigenvalue weighted by atomic mass is 10.1. The second-order valence-corrected chi connectivity index (χ2v) is 3.25. The fourth-order valence-electron chi connectivity index (χ4n) is 1.28. The van der Waals surface area contributed by atoms with Crippen molar-refractivity contribution >= 4 is 6.16 Å². The summed E-state index contributed by atoms with van der Waals surface area (Å²) in [5.41, 5.74) is 1.16. The number of aryl methyl sites for hydroxylation is 1. The highest BCUT2D eigenvalue weighted by Crippen LogP contribution is 2.07. The summed E-state index contributed by atoms with van der Waals surface area (Å²) in [7, 11) is 1.26. The third-order valence-electron chi connectivity index (χ3n) is 2.13. The highest BCUT2D eigenvalue weighted by molar-refractivity contribution is 5.60. The highest BCUT2D eigenvalue weighted by Gasteiger charge is 2.11. The van der Waals surface area contributed by atoms with Gasteiger partial charge in [-0.05, 0) is 12.0 Å². The van der Waals surface area contributed by atoms with Crippen LogP contribution in [-0.2, 0) is 15.9 Å². The Morgan fingerprint density at radius 2 is 2.12 bits per heavy atom. The zero-order valence-corrected chi connectivity index (χ0v) is 9.18. The van der Waals surface area contributed by atoms with Crippen molar-refractivity contribution in [3.63, 3.8) is 0 Å². The molecule has 0 aromatic heterocycles. The maximum absolute atomic E-state index is 10.9. The van der Waals surface area contributed by atoms with Crippen LogP contribution in [0.25, 0.3) is 0 Å². The molecule has 3 heteroatoms. The number of rotatable bonds is 4. The van der Waals surface area contributed by atoms with E-state index in [2.05, 4.69) is 10.7 Å². The summed E-state index contributed by atoms with van der Waals surface area (Å²) in [6, 6.07) is 9.88. The third-order valence-corrected chi connectivity index (χ3v) is 2.13. The van der Waals surface area contributed by atoms with Crippen LogP contribution in [-0.4, -0.2) is 19.4 Å². The minimum Gasteiger partial charge on any atom is -0.438 e. The summed E-state index contributed by atoms with van der Waals surface area (Å²) in [5.74, 6) is 2.41. The van der Waals surface area contributed by atoms with E-state index in [0.717, 1.165) is 12.0 Å². The van der Waals surface area contributed by atoms with E-state index in [1.165, 1.54) is 7.11 Å². The van der Waals surface area contributed by atoms with Gasteiger partial charge in [-0.2, -0.15) is 0 Å². The molecule has 0 aliphatic carbocycles. The Hall–Kier alpha value is -1.95. The molecule has 0 unspecified atom stereocenters. The van der Waals surface area contributed by atoms with Gasteiger partial charge in [0.1, 0.15) is 0 Å². The topological polar surface area (TPSA) is 35.5 Å². The quantitative estimate of drug-likeness (QED) is 0.575. The fourth-order valence-corrected chi connectivity index (χ4v) is 1.28. The lowest BCUT2D eigenvalue weighted by Gasteiger charge is -2.10. The lowest BCUT2D eigenvalue weighted by Crippen LogP contribution is -2.17. The van der Waals surface area contributed by atoms with E-state index < -0.39 is 12.3 Å². The van der Waals surface area contributed by atoms with Crippen LogP contribution in [0.5, 0.6) is 0 Å². The standard InChI is InChI=1S/C13H14O3/c1-3-12(16-13(14)15-2)10-9-11-7-5-4-6-8-11/h1,4-8,12H,9-10H2,2H3/t12-/m1/s1. The first kappa shape index (κ1) is 12.1. The third kappa shape index (κ3) is 4.05. The van der Waals surface area contributed by atoms with Crippen molar-refractivity contribution in [1.82, 2.24) is 0 Å². The number of carbonyl (C=O) groups excluding carboxylic acids is 1. The first-order chi connectivity index (χ1) is 7.76. The Balaban J connectivity index is 2.41. The number of carbonyl (C=O) groups is 1. The fraction of sp³-hybridized carbons (Fsp3) is 0.308. The van der Waals surface area contributed by atoms with Gasteiger partial charge in [-0.3, -0.25) is 0 Å². The first-order valence-electron chi connectivity index (χ1n) is 5.01. The second-order valence-electron chi connectivity index (χ2n) is 3.25. The van der Waals surface area contributed by atoms with E-state index in [1.807, 2.05) is 30.3 Å². The summed E-state index contributed by atoms with van der Waals surface area (Å²) in [4.78, 5) is 10.9. The molecule has 0 saturated carbocycles. The number of methoxy groups -OCH3 is 1. The van der Waals surface area contributed by atoms with Crippen LogP contribution in [0.2, 0.25) is 0 Å². The Kier molecular flexibility index (Phi) is 4.94. The molecular weight excluding hydrogens is 204 g/mol. The number of ether oxygens (including phenoxy) is 2. The normalized spacial score (nSPS) is 11.2. The SMILES string of the molecule is C#C[C@H](CCc1ccccc1)OC(=O)OC. The molecule has 0 fully saturated rings. The molecular formula is C13H14O3. The zero-order valence-electron chi connectivity index (χ0n) is 9.18. The molecule has 1 aromatic rings. The van der Waals surface area contributed by atoms with Crippen molar-refractivity contribution in [2.24, 2.45) is 0 Å².